The summed E-state index contributed by atoms with van der Waals surface area (Å²) in [5.41, 5.74) is 0. The molecule has 1 aromatic heterocycles. The summed E-state index contributed by atoms with van der Waals surface area (Å²) in [5, 5.41) is 9.34. The molecule has 1 atom stereocenters. The van der Waals surface area contributed by atoms with E-state index in [1.165, 1.54) is 11.1 Å². The first-order valence-electron chi connectivity index (χ1n) is 5.15. The van der Waals surface area contributed by atoms with E-state index in [2.05, 4.69) is 4.98 Å². The molecule has 1 fully saturated rings. The van der Waals surface area contributed by atoms with Gasteiger partial charge in [-0.05, 0) is 0 Å². The van der Waals surface area contributed by atoms with Crippen LogP contribution in [-0.2, 0) is 23.2 Å². The Morgan fingerprint density at radius 3 is 2.88 bits per heavy atom. The summed E-state index contributed by atoms with van der Waals surface area (Å²) in [4.78, 5) is 28.0. The molecule has 2 rings (SSSR count). The third kappa shape index (κ3) is 2.26. The number of imidazole rings is 1. The molecule has 1 saturated heterocycles. The smallest absolute Gasteiger partial charge is 0.308 e. The Hall–Kier alpha value is -1.56. The van der Waals surface area contributed by atoms with Crippen LogP contribution in [0.4, 0.5) is 0 Å². The van der Waals surface area contributed by atoms with E-state index in [0.29, 0.717) is 17.5 Å². The van der Waals surface area contributed by atoms with E-state index in [1.54, 1.807) is 11.6 Å². The van der Waals surface area contributed by atoms with E-state index in [1.807, 2.05) is 0 Å². The van der Waals surface area contributed by atoms with E-state index < -0.39 is 11.9 Å². The third-order valence-electron chi connectivity index (χ3n) is 2.92. The van der Waals surface area contributed by atoms with Gasteiger partial charge in [0.25, 0.3) is 0 Å². The van der Waals surface area contributed by atoms with Gasteiger partial charge in [0.15, 0.2) is 0 Å². The van der Waals surface area contributed by atoms with Gasteiger partial charge >= 0.3 is 5.97 Å². The zero-order chi connectivity index (χ0) is 12.6. The lowest BCUT2D eigenvalue weighted by atomic mass is 10.1. The maximum atomic E-state index is 11.6. The Bertz CT molecular complexity index is 471. The van der Waals surface area contributed by atoms with Crippen LogP contribution >= 0.6 is 11.6 Å². The monoisotopic (exact) mass is 257 g/mol. The van der Waals surface area contributed by atoms with Gasteiger partial charge in [0.1, 0.15) is 11.0 Å². The molecule has 0 spiro atoms. The van der Waals surface area contributed by atoms with Crippen LogP contribution in [0.15, 0.2) is 6.20 Å². The number of aliphatic carboxylic acids is 1. The van der Waals surface area contributed by atoms with Crippen LogP contribution in [0, 0.1) is 5.92 Å². The highest BCUT2D eigenvalue weighted by Crippen LogP contribution is 2.20. The van der Waals surface area contributed by atoms with Gasteiger partial charge < -0.3 is 14.6 Å². The molecule has 2 heterocycles. The van der Waals surface area contributed by atoms with E-state index in [9.17, 15) is 9.59 Å². The number of carboxylic acid groups (broad SMARTS) is 1. The van der Waals surface area contributed by atoms with Gasteiger partial charge in [0.05, 0.1) is 18.7 Å². The minimum absolute atomic E-state index is 0.0630. The van der Waals surface area contributed by atoms with Crippen LogP contribution in [0.3, 0.4) is 0 Å². The van der Waals surface area contributed by atoms with Gasteiger partial charge in [-0.2, -0.15) is 0 Å². The molecule has 1 aliphatic rings. The second-order valence-electron chi connectivity index (χ2n) is 4.07. The van der Waals surface area contributed by atoms with Crippen LogP contribution in [-0.4, -0.2) is 38.0 Å². The maximum Gasteiger partial charge on any atom is 0.308 e. The number of hydrogen-bond acceptors (Lipinski definition) is 3. The number of amides is 1. The van der Waals surface area contributed by atoms with Crippen molar-refractivity contribution in [2.24, 2.45) is 13.0 Å². The van der Waals surface area contributed by atoms with Gasteiger partial charge in [-0.3, -0.25) is 9.59 Å². The fourth-order valence-corrected chi connectivity index (χ4v) is 1.98. The van der Waals surface area contributed by atoms with Crippen molar-refractivity contribution in [3.8, 4) is 0 Å². The van der Waals surface area contributed by atoms with Gasteiger partial charge in [0, 0.05) is 20.0 Å². The Morgan fingerprint density at radius 2 is 2.41 bits per heavy atom. The first kappa shape index (κ1) is 11.9. The third-order valence-corrected chi connectivity index (χ3v) is 3.27. The second-order valence-corrected chi connectivity index (χ2v) is 4.46. The number of hydrogen-bond donors (Lipinski definition) is 1. The minimum Gasteiger partial charge on any atom is -0.481 e. The summed E-state index contributed by atoms with van der Waals surface area (Å²) in [6.07, 6.45) is 1.57. The molecule has 0 aliphatic carbocycles. The van der Waals surface area contributed by atoms with Crippen LogP contribution in [0.5, 0.6) is 0 Å². The molecule has 1 N–H and O–H groups in total. The van der Waals surface area contributed by atoms with Crippen LogP contribution in [0.1, 0.15) is 12.2 Å². The molecule has 1 amide bonds. The summed E-state index contributed by atoms with van der Waals surface area (Å²) in [5.74, 6) is -1.05. The summed E-state index contributed by atoms with van der Waals surface area (Å²) in [6, 6.07) is 0. The van der Waals surface area contributed by atoms with E-state index in [4.69, 9.17) is 16.7 Å². The molecule has 0 saturated carbocycles. The Morgan fingerprint density at radius 1 is 1.71 bits per heavy atom. The Balaban J connectivity index is 2.08. The average Bonchev–Trinajstić information content (AvgIpc) is 2.77. The fourth-order valence-electron chi connectivity index (χ4n) is 1.83. The highest BCUT2D eigenvalue weighted by Gasteiger charge is 2.34. The molecule has 6 nitrogen and oxygen atoms in total. The standard InChI is InChI=1S/C10H12ClN3O3/c1-13-7(11)3-12-8(13)5-14-4-6(10(16)17)2-9(14)15/h3,6H,2,4-5H2,1H3,(H,16,17). The SMILES string of the molecule is Cn1c(Cl)cnc1CN1CC(C(=O)O)CC1=O. The van der Waals surface area contributed by atoms with Crippen molar-refractivity contribution in [2.45, 2.75) is 13.0 Å². The molecule has 1 aromatic rings. The topological polar surface area (TPSA) is 75.4 Å². The largest absolute Gasteiger partial charge is 0.481 e. The van der Waals surface area contributed by atoms with Crippen molar-refractivity contribution < 1.29 is 14.7 Å². The molecule has 92 valence electrons. The van der Waals surface area contributed by atoms with Gasteiger partial charge in [-0.1, -0.05) is 11.6 Å². The second kappa shape index (κ2) is 4.37. The van der Waals surface area contributed by atoms with Crippen molar-refractivity contribution in [3.63, 3.8) is 0 Å². The van der Waals surface area contributed by atoms with Gasteiger partial charge in [0.2, 0.25) is 5.91 Å². The normalized spacial score (nSPS) is 20.0. The first-order chi connectivity index (χ1) is 7.99. The van der Waals surface area contributed by atoms with Crippen molar-refractivity contribution >= 4 is 23.5 Å². The highest BCUT2D eigenvalue weighted by atomic mass is 35.5. The predicted octanol–water partition coefficient (Wildman–Crippen LogP) is 0.507. The van der Waals surface area contributed by atoms with Crippen LogP contribution < -0.4 is 0 Å². The first-order valence-corrected chi connectivity index (χ1v) is 5.53. The number of likely N-dealkylation sites (tertiary alicyclic amines) is 1. The number of aromatic nitrogens is 2. The number of carboxylic acids is 1. The zero-order valence-corrected chi connectivity index (χ0v) is 10.0. The molecule has 1 unspecified atom stereocenters. The molecule has 0 radical (unpaired) electrons. The average molecular weight is 258 g/mol. The molecular weight excluding hydrogens is 246 g/mol. The predicted molar refractivity (Wildman–Crippen MR) is 59.4 cm³/mol. The van der Waals surface area contributed by atoms with E-state index >= 15 is 0 Å². The summed E-state index contributed by atoms with van der Waals surface area (Å²) in [7, 11) is 1.75. The molecule has 17 heavy (non-hydrogen) atoms. The van der Waals surface area contributed by atoms with Crippen molar-refractivity contribution in [1.82, 2.24) is 14.5 Å². The molecule has 1 aliphatic heterocycles. The highest BCUT2D eigenvalue weighted by molar-refractivity contribution is 6.29. The van der Waals surface area contributed by atoms with Gasteiger partial charge in [-0.25, -0.2) is 4.98 Å². The Labute approximate surface area is 103 Å². The number of nitrogens with zero attached hydrogens (tertiary/aromatic N) is 3. The molecular formula is C10H12ClN3O3. The number of carbonyl (C=O) groups is 2. The zero-order valence-electron chi connectivity index (χ0n) is 9.26. The fraction of sp³-hybridized carbons (Fsp3) is 0.500. The molecule has 0 aromatic carbocycles. The summed E-state index contributed by atoms with van der Waals surface area (Å²) >= 11 is 5.83. The number of halogens is 1. The van der Waals surface area contributed by atoms with E-state index in [0.717, 1.165) is 0 Å². The summed E-state index contributed by atoms with van der Waals surface area (Å²) in [6.45, 7) is 0.532. The van der Waals surface area contributed by atoms with Crippen molar-refractivity contribution in [2.75, 3.05) is 6.54 Å². The molecule has 7 heteroatoms. The number of rotatable bonds is 3. The van der Waals surface area contributed by atoms with Crippen molar-refractivity contribution in [1.29, 1.82) is 0 Å². The Kier molecular flexibility index (Phi) is 3.06. The maximum absolute atomic E-state index is 11.6. The molecule has 0 bridgehead atoms. The van der Waals surface area contributed by atoms with Crippen LogP contribution in [0.2, 0.25) is 5.15 Å². The van der Waals surface area contributed by atoms with E-state index in [-0.39, 0.29) is 18.9 Å². The summed E-state index contributed by atoms with van der Waals surface area (Å²) < 4.78 is 1.67. The number of carbonyl (C=O) groups excluding carboxylic acids is 1. The van der Waals surface area contributed by atoms with Crippen molar-refractivity contribution in [3.05, 3.63) is 17.2 Å². The lowest BCUT2D eigenvalue weighted by molar-refractivity contribution is -0.141. The lowest BCUT2D eigenvalue weighted by Gasteiger charge is -2.15. The van der Waals surface area contributed by atoms with Crippen LogP contribution in [0.25, 0.3) is 0 Å². The minimum atomic E-state index is -0.932. The lowest BCUT2D eigenvalue weighted by Crippen LogP contribution is -2.27. The quantitative estimate of drug-likeness (QED) is 0.856. The van der Waals surface area contributed by atoms with Gasteiger partial charge in [-0.15, -0.1) is 0 Å².